The Hall–Kier alpha value is -1.55. The van der Waals surface area contributed by atoms with Crippen molar-refractivity contribution < 1.29 is 9.90 Å². The van der Waals surface area contributed by atoms with Gasteiger partial charge in [-0.25, -0.2) is 0 Å². The van der Waals surface area contributed by atoms with Gasteiger partial charge in [-0.05, 0) is 31.9 Å². The van der Waals surface area contributed by atoms with Gasteiger partial charge in [0.15, 0.2) is 0 Å². The number of phenolic OH excluding ortho intramolecular Hbond substituents is 1. The molecule has 1 aromatic carbocycles. The van der Waals surface area contributed by atoms with Crippen molar-refractivity contribution in [2.24, 2.45) is 5.41 Å². The average molecular weight is 276 g/mol. The van der Waals surface area contributed by atoms with Gasteiger partial charge in [-0.3, -0.25) is 4.79 Å². The van der Waals surface area contributed by atoms with Crippen LogP contribution < -0.4 is 5.32 Å². The lowest BCUT2D eigenvalue weighted by Gasteiger charge is -2.38. The predicted molar refractivity (Wildman–Crippen MR) is 79.4 cm³/mol. The Morgan fingerprint density at radius 3 is 2.80 bits per heavy atom. The number of para-hydroxylation sites is 1. The maximum atomic E-state index is 12.8. The van der Waals surface area contributed by atoms with Crippen molar-refractivity contribution in [2.45, 2.75) is 32.7 Å². The lowest BCUT2D eigenvalue weighted by atomic mass is 9.77. The maximum absolute atomic E-state index is 12.8. The number of piperidine rings is 1. The van der Waals surface area contributed by atoms with E-state index in [-0.39, 0.29) is 17.1 Å². The van der Waals surface area contributed by atoms with Gasteiger partial charge >= 0.3 is 0 Å². The van der Waals surface area contributed by atoms with E-state index in [0.29, 0.717) is 6.54 Å². The van der Waals surface area contributed by atoms with Crippen LogP contribution in [0.3, 0.4) is 0 Å². The summed E-state index contributed by atoms with van der Waals surface area (Å²) in [7, 11) is 1.82. The van der Waals surface area contributed by atoms with Crippen molar-refractivity contribution in [3.63, 3.8) is 0 Å². The number of hydrogen-bond donors (Lipinski definition) is 2. The zero-order chi connectivity index (χ0) is 14.6. The molecule has 1 atom stereocenters. The fourth-order valence-corrected chi connectivity index (χ4v) is 2.98. The fraction of sp³-hybridized carbons (Fsp3) is 0.562. The number of carbonyl (C=O) groups is 1. The summed E-state index contributed by atoms with van der Waals surface area (Å²) < 4.78 is 0. The van der Waals surface area contributed by atoms with Gasteiger partial charge in [-0.1, -0.05) is 25.1 Å². The number of nitrogens with one attached hydrogen (secondary N) is 1. The summed E-state index contributed by atoms with van der Waals surface area (Å²) in [5.41, 5.74) is 0.510. The predicted octanol–water partition coefficient (Wildman–Crippen LogP) is 2.13. The first-order valence-corrected chi connectivity index (χ1v) is 7.32. The number of benzene rings is 1. The molecule has 1 aliphatic rings. The Balaban J connectivity index is 2.10. The molecular weight excluding hydrogens is 252 g/mol. The van der Waals surface area contributed by atoms with Gasteiger partial charge in [0.05, 0.1) is 5.41 Å². The van der Waals surface area contributed by atoms with E-state index in [1.54, 1.807) is 17.0 Å². The van der Waals surface area contributed by atoms with Gasteiger partial charge in [0.1, 0.15) is 5.75 Å². The summed E-state index contributed by atoms with van der Waals surface area (Å²) in [6.45, 7) is 4.29. The van der Waals surface area contributed by atoms with Crippen molar-refractivity contribution in [3.05, 3.63) is 29.8 Å². The van der Waals surface area contributed by atoms with Crippen LogP contribution in [0, 0.1) is 5.41 Å². The van der Waals surface area contributed by atoms with Gasteiger partial charge in [0.2, 0.25) is 5.91 Å². The molecule has 1 saturated heterocycles. The molecule has 2 N–H and O–H groups in total. The largest absolute Gasteiger partial charge is 0.508 e. The van der Waals surface area contributed by atoms with Crippen LogP contribution in [0.5, 0.6) is 5.75 Å². The van der Waals surface area contributed by atoms with E-state index >= 15 is 0 Å². The Kier molecular flexibility index (Phi) is 4.65. The fourth-order valence-electron chi connectivity index (χ4n) is 2.98. The molecule has 0 radical (unpaired) electrons. The van der Waals surface area contributed by atoms with Crippen LogP contribution in [-0.4, -0.2) is 36.1 Å². The maximum Gasteiger partial charge on any atom is 0.230 e. The van der Waals surface area contributed by atoms with Crippen LogP contribution in [-0.2, 0) is 11.3 Å². The van der Waals surface area contributed by atoms with Crippen LogP contribution in [0.1, 0.15) is 31.7 Å². The first-order chi connectivity index (χ1) is 9.59. The summed E-state index contributed by atoms with van der Waals surface area (Å²) in [5, 5.41) is 13.2. The van der Waals surface area contributed by atoms with Crippen LogP contribution in [0.4, 0.5) is 0 Å². The van der Waals surface area contributed by atoms with E-state index in [4.69, 9.17) is 0 Å². The molecule has 1 unspecified atom stereocenters. The molecule has 1 amide bonds. The molecule has 20 heavy (non-hydrogen) atoms. The molecule has 4 nitrogen and oxygen atoms in total. The molecule has 1 aromatic rings. The number of aromatic hydroxyl groups is 1. The van der Waals surface area contributed by atoms with Crippen LogP contribution >= 0.6 is 0 Å². The lowest BCUT2D eigenvalue weighted by Crippen LogP contribution is -2.50. The summed E-state index contributed by atoms with van der Waals surface area (Å²) in [4.78, 5) is 14.5. The minimum Gasteiger partial charge on any atom is -0.508 e. The van der Waals surface area contributed by atoms with Gasteiger partial charge < -0.3 is 15.3 Å². The third-order valence-electron chi connectivity index (χ3n) is 4.35. The zero-order valence-corrected chi connectivity index (χ0v) is 12.4. The number of rotatable bonds is 4. The second-order valence-electron chi connectivity index (χ2n) is 5.70. The van der Waals surface area contributed by atoms with Crippen LogP contribution in [0.15, 0.2) is 24.3 Å². The van der Waals surface area contributed by atoms with Crippen molar-refractivity contribution in [2.75, 3.05) is 20.1 Å². The van der Waals surface area contributed by atoms with Crippen molar-refractivity contribution >= 4 is 5.91 Å². The van der Waals surface area contributed by atoms with E-state index in [0.717, 1.165) is 37.9 Å². The molecule has 1 fully saturated rings. The Bertz CT molecular complexity index is 467. The number of amides is 1. The number of nitrogens with zero attached hydrogens (tertiary/aromatic N) is 1. The molecule has 1 heterocycles. The van der Waals surface area contributed by atoms with E-state index < -0.39 is 0 Å². The topological polar surface area (TPSA) is 52.6 Å². The summed E-state index contributed by atoms with van der Waals surface area (Å²) >= 11 is 0. The highest BCUT2D eigenvalue weighted by Crippen LogP contribution is 2.32. The van der Waals surface area contributed by atoms with E-state index in [1.807, 2.05) is 19.2 Å². The third-order valence-corrected chi connectivity index (χ3v) is 4.35. The van der Waals surface area contributed by atoms with Gasteiger partial charge in [0, 0.05) is 25.7 Å². The molecular formula is C16H24N2O2. The molecule has 2 rings (SSSR count). The number of phenols is 1. The highest BCUT2D eigenvalue weighted by molar-refractivity contribution is 5.83. The minimum absolute atomic E-state index is 0.176. The second-order valence-corrected chi connectivity index (χ2v) is 5.70. The van der Waals surface area contributed by atoms with Gasteiger partial charge in [0.25, 0.3) is 0 Å². The minimum atomic E-state index is -0.280. The zero-order valence-electron chi connectivity index (χ0n) is 12.4. The van der Waals surface area contributed by atoms with Crippen molar-refractivity contribution in [1.82, 2.24) is 10.2 Å². The van der Waals surface area contributed by atoms with E-state index in [2.05, 4.69) is 12.2 Å². The van der Waals surface area contributed by atoms with Crippen molar-refractivity contribution in [1.29, 1.82) is 0 Å². The first-order valence-electron chi connectivity index (χ1n) is 7.32. The van der Waals surface area contributed by atoms with E-state index in [1.165, 1.54) is 0 Å². The quantitative estimate of drug-likeness (QED) is 0.886. The molecule has 110 valence electrons. The molecule has 0 aromatic heterocycles. The number of carbonyl (C=O) groups excluding carboxylic acids is 1. The molecule has 0 bridgehead atoms. The third kappa shape index (κ3) is 2.96. The van der Waals surface area contributed by atoms with Crippen LogP contribution in [0.2, 0.25) is 0 Å². The highest BCUT2D eigenvalue weighted by Gasteiger charge is 2.39. The molecule has 4 heteroatoms. The normalized spacial score (nSPS) is 22.5. The Labute approximate surface area is 120 Å². The van der Waals surface area contributed by atoms with E-state index in [9.17, 15) is 9.90 Å². The smallest absolute Gasteiger partial charge is 0.230 e. The summed E-state index contributed by atoms with van der Waals surface area (Å²) in [6, 6.07) is 7.19. The standard InChI is InChI=1S/C16H24N2O2/c1-3-16(9-6-10-17-12-16)15(20)18(2)11-13-7-4-5-8-14(13)19/h4-5,7-8,17,19H,3,6,9-12H2,1-2H3. The number of hydrogen-bond acceptors (Lipinski definition) is 3. The van der Waals surface area contributed by atoms with Crippen LogP contribution in [0.25, 0.3) is 0 Å². The molecule has 0 aliphatic carbocycles. The average Bonchev–Trinajstić information content (AvgIpc) is 2.49. The molecule has 1 aliphatic heterocycles. The Morgan fingerprint density at radius 2 is 2.20 bits per heavy atom. The Morgan fingerprint density at radius 1 is 1.45 bits per heavy atom. The SMILES string of the molecule is CCC1(C(=O)N(C)Cc2ccccc2O)CCCNC1. The van der Waals surface area contributed by atoms with Crippen molar-refractivity contribution in [3.8, 4) is 5.75 Å². The first kappa shape index (κ1) is 14.9. The summed E-state index contributed by atoms with van der Waals surface area (Å²) in [5.74, 6) is 0.426. The lowest BCUT2D eigenvalue weighted by molar-refractivity contribution is -0.142. The van der Waals surface area contributed by atoms with Gasteiger partial charge in [-0.15, -0.1) is 0 Å². The highest BCUT2D eigenvalue weighted by atomic mass is 16.3. The molecule has 0 spiro atoms. The summed E-state index contributed by atoms with van der Waals surface area (Å²) in [6.07, 6.45) is 2.84. The van der Waals surface area contributed by atoms with Gasteiger partial charge in [-0.2, -0.15) is 0 Å². The second kappa shape index (κ2) is 6.27. The molecule has 0 saturated carbocycles. The monoisotopic (exact) mass is 276 g/mol.